The zero-order valence-electron chi connectivity index (χ0n) is 80.3. The number of imidazole rings is 6. The molecule has 0 aliphatic carbocycles. The Bertz CT molecular complexity index is 6600. The second-order valence-corrected chi connectivity index (χ2v) is 17.5. The molecular weight excluding hydrogens is 2500 g/mol. The number of fused-ring (bicyclic) bond motifs is 6. The van der Waals surface area contributed by atoms with Crippen LogP contribution in [-0.4, -0.2) is 112 Å². The zero-order valence-corrected chi connectivity index (χ0v) is 98.9. The Morgan fingerprint density at radius 3 is 0.875 bits per heavy atom. The van der Waals surface area contributed by atoms with E-state index >= 15 is 0 Å². The van der Waals surface area contributed by atoms with Crippen LogP contribution in [0.25, 0.3) is 67.0 Å². The van der Waals surface area contributed by atoms with Crippen LogP contribution >= 0.6 is 0 Å². The average Bonchev–Trinajstić information content (AvgIpc) is 1.42. The van der Waals surface area contributed by atoms with Crippen molar-refractivity contribution >= 4 is 67.0 Å². The molecule has 519 valence electrons. The van der Waals surface area contributed by atoms with Crippen molar-refractivity contribution in [3.63, 3.8) is 0 Å². The van der Waals surface area contributed by atoms with Crippen LogP contribution < -0.4 is 67.5 Å². The number of aryl methyl sites for hydroxylation is 10. The minimum atomic E-state index is -2.94. The molecule has 0 aliphatic rings. The standard InChI is InChI=1S/3C9H11N4O2.2C9H10N4O2.C8H8N4O2.15Y/c5*1-4-13-8(14)6-7(10-5-11(6)2)12(3)9(13)15;1-10-4-9-6-5(10)7(13)12(3)8(14)11(6)2;;;;;;;;;;;;;;;/h3*4H2,1-3H3;3-4H2,1-2H3;2,4H2,1,3H3;3H2,1-2H3;;;;;;;;;;;;;;;/q3*-1;3*-2;;;;;;;;;;;;;;;/i4D2;3D3;2D3;2D3,4D2;3D3,4D2;1D3,2D3;;;;;;;;;;;;;;;. The zero-order chi connectivity index (χ0) is 86.6. The monoisotopic (exact) mass is 2580 g/mol. The Morgan fingerprint density at radius 1 is 0.288 bits per heavy atom. The Kier molecular flexibility index (Phi) is 45.0. The molecule has 36 nitrogen and oxygen atoms in total. The molecule has 0 amide bonds. The summed E-state index contributed by atoms with van der Waals surface area (Å²) in [6.07, 6.45) is 13.6. The molecule has 0 saturated heterocycles. The van der Waals surface area contributed by atoms with Gasteiger partial charge in [0.15, 0.2) is 5.56 Å². The first kappa shape index (κ1) is 82.8. The van der Waals surface area contributed by atoms with Gasteiger partial charge in [0.1, 0.15) is 5.56 Å². The van der Waals surface area contributed by atoms with Crippen molar-refractivity contribution in [3.8, 4) is 0 Å². The normalized spacial score (nSPS) is 14.0. The Labute approximate surface area is 1000 Å². The fraction of sp³-hybridized carbons (Fsp3) is 0.377. The van der Waals surface area contributed by atoms with Gasteiger partial charge in [-0.2, -0.15) is 7.05 Å². The maximum Gasteiger partial charge on any atom is 0.319 e. The third kappa shape index (κ3) is 26.5. The molecule has 15 radical (unpaired) electrons. The summed E-state index contributed by atoms with van der Waals surface area (Å²) in [4.78, 5) is 166. The second-order valence-electron chi connectivity index (χ2n) is 17.5. The summed E-state index contributed by atoms with van der Waals surface area (Å²) < 4.78 is 189. The van der Waals surface area contributed by atoms with Crippen LogP contribution in [0.3, 0.4) is 0 Å². The molecule has 0 atom stereocenters. The van der Waals surface area contributed by atoms with E-state index in [0.29, 0.717) is 32.0 Å². The third-order valence-electron chi connectivity index (χ3n) is 12.6. The van der Waals surface area contributed by atoms with E-state index in [4.69, 9.17) is 32.9 Å². The molecule has 0 spiro atoms. The van der Waals surface area contributed by atoms with Crippen molar-refractivity contribution < 1.29 is 524 Å². The van der Waals surface area contributed by atoms with Gasteiger partial charge in [-0.25, -0.2) is 19.2 Å². The molecule has 104 heavy (non-hydrogen) atoms. The van der Waals surface area contributed by atoms with Crippen molar-refractivity contribution in [1.82, 2.24) is 112 Å². The fourth-order valence-corrected chi connectivity index (χ4v) is 8.08. The smallest absolute Gasteiger partial charge is 0.319 e. The van der Waals surface area contributed by atoms with Crippen LogP contribution in [0.4, 0.5) is 0 Å². The van der Waals surface area contributed by atoms with Crippen LogP contribution in [0, 0.1) is 59.1 Å². The quantitative estimate of drug-likeness (QED) is 0.146. The molecule has 51 heteroatoms. The summed E-state index contributed by atoms with van der Waals surface area (Å²) in [5.74, 6) is 0. The van der Waals surface area contributed by atoms with Gasteiger partial charge in [0, 0.05) is 626 Å². The molecule has 12 rings (SSSR count). The molecule has 0 saturated carbocycles. The van der Waals surface area contributed by atoms with E-state index in [9.17, 15) is 57.5 Å². The molecule has 0 aliphatic heterocycles. The van der Waals surface area contributed by atoms with Crippen LogP contribution in [0.5, 0.6) is 0 Å². The third-order valence-corrected chi connectivity index (χ3v) is 12.6. The van der Waals surface area contributed by atoms with Gasteiger partial charge in [-0.3, -0.25) is 42.2 Å². The predicted octanol–water partition coefficient (Wildman–Crippen LogP) is -4.69. The van der Waals surface area contributed by atoms with E-state index in [1.54, 1.807) is 20.9 Å². The van der Waals surface area contributed by atoms with Gasteiger partial charge >= 0.3 is 22.8 Å². The van der Waals surface area contributed by atoms with Crippen molar-refractivity contribution in [1.29, 1.82) is 0 Å². The van der Waals surface area contributed by atoms with Gasteiger partial charge in [-0.1, -0.05) is 11.2 Å². The van der Waals surface area contributed by atoms with Crippen molar-refractivity contribution in [2.24, 2.45) is 70.0 Å². The molecular formula is C53H61N24O12Y15-9. The van der Waals surface area contributed by atoms with Gasteiger partial charge in [0.05, 0.1) is 0 Å². The Morgan fingerprint density at radius 2 is 0.529 bits per heavy atom. The van der Waals surface area contributed by atoms with E-state index < -0.39 is 151 Å². The van der Waals surface area contributed by atoms with E-state index in [0.717, 1.165) is 43.6 Å². The van der Waals surface area contributed by atoms with Gasteiger partial charge in [-0.05, 0) is 117 Å². The maximum absolute atomic E-state index is 12.2. The largest absolute Gasteiger partial charge is 0.567 e. The summed E-state index contributed by atoms with van der Waals surface area (Å²) in [6.45, 7) is -16.8. The summed E-state index contributed by atoms with van der Waals surface area (Å²) in [6, 6.07) is 0. The predicted molar refractivity (Wildman–Crippen MR) is 323 cm³/mol. The molecule has 12 aromatic heterocycles. The minimum Gasteiger partial charge on any atom is -0.567 e. The topological polar surface area (TPSA) is 371 Å². The minimum absolute atomic E-state index is 0. The summed E-state index contributed by atoms with van der Waals surface area (Å²) in [5, 5.41) is 0. The number of nitrogens with zero attached hydrogens (tertiary/aromatic N) is 24. The van der Waals surface area contributed by atoms with Gasteiger partial charge in [-0.15, -0.1) is 25.9 Å². The molecule has 0 aromatic carbocycles. The molecule has 0 unspecified atom stereocenters. The van der Waals surface area contributed by atoms with Crippen LogP contribution in [-0.2, 0) is 593 Å². The van der Waals surface area contributed by atoms with E-state index in [2.05, 4.69) is 82.7 Å². The Balaban J connectivity index is -0.000000185. The molecule has 0 fully saturated rings. The summed E-state index contributed by atoms with van der Waals surface area (Å²) in [7, 11) is 15.8. The number of rotatable bonds is 5. The van der Waals surface area contributed by atoms with Crippen LogP contribution in [0.1, 0.15) is 67.5 Å². The summed E-state index contributed by atoms with van der Waals surface area (Å²) >= 11 is 0. The molecule has 12 heterocycles. The molecule has 0 bridgehead atoms. The maximum atomic E-state index is 12.2. The SMILES string of the molecule is [2H]C([2H])(C)n1c(=O)c2c(n[c-]n2C)n(C)c1=O.[2H]C([2H])([2H])n1[c-]nc2c1c(=O)n(C([2H])([2H])C)c(=O)n2[CH2-].[2H]C([2H])([2H])n1[c-]nc2c1c(=O)n(CC)c(=O)n2C.[2H]C([2H])([2H])n1[c-]nc2c1c(=O)n([CH2-])c(=O)n2C([2H])([2H])[2H].[2H]C([2H])([2H])n1c(=O)n(C([2H])([2H])C)c(=O)c2c1n[c-]n2[CH2-].[2H]C([2H])([2H])n1c(=O)n(CC)c(=O)c2c1n[c-]n2C.[Y].[Y].[Y].[Y].[Y].[Y].[Y].[Y].[Y].[Y].[Y].[Y].[Y].[Y].[Y]. The summed E-state index contributed by atoms with van der Waals surface area (Å²) in [5.41, 5.74) is -13.3. The van der Waals surface area contributed by atoms with Crippen molar-refractivity contribution in [2.75, 3.05) is 0 Å². The van der Waals surface area contributed by atoms with Gasteiger partial charge in [0.25, 0.3) is 0 Å². The fourth-order valence-electron chi connectivity index (χ4n) is 8.08. The second kappa shape index (κ2) is 56.5. The number of hydrogen-bond acceptors (Lipinski definition) is 18. The van der Waals surface area contributed by atoms with E-state index in [1.807, 2.05) is 6.33 Å². The van der Waals surface area contributed by atoms with E-state index in [1.165, 1.54) is 30.3 Å². The average molecular weight is 2580 g/mol. The van der Waals surface area contributed by atoms with Crippen molar-refractivity contribution in [2.45, 2.75) is 67.2 Å². The first-order valence-corrected chi connectivity index (χ1v) is 24.5. The van der Waals surface area contributed by atoms with Crippen molar-refractivity contribution in [3.05, 3.63) is 184 Å². The van der Waals surface area contributed by atoms with Crippen LogP contribution in [0.2, 0.25) is 0 Å². The molecule has 12 aromatic rings. The van der Waals surface area contributed by atoms with Gasteiger partial charge in [0.2, 0.25) is 33.6 Å². The first-order valence-electron chi connectivity index (χ1n) is 36.5. The van der Waals surface area contributed by atoms with Crippen LogP contribution in [0.15, 0.2) is 57.5 Å². The Hall–Kier alpha value is 5.07. The number of hydrogen-bond donors (Lipinski definition) is 0. The van der Waals surface area contributed by atoms with Gasteiger partial charge < -0.3 is 108 Å². The van der Waals surface area contributed by atoms with E-state index in [-0.39, 0.29) is 567 Å². The molecule has 0 N–H and O–H groups in total. The number of aromatic nitrogens is 24. The first-order chi connectivity index (χ1) is 51.2.